The molecule has 22 heavy (non-hydrogen) atoms. The quantitative estimate of drug-likeness (QED) is 0.701. The zero-order valence-electron chi connectivity index (χ0n) is 11.1. The summed E-state index contributed by atoms with van der Waals surface area (Å²) in [5, 5.41) is 11.1. The summed E-state index contributed by atoms with van der Waals surface area (Å²) in [6, 6.07) is 11.1. The van der Waals surface area contributed by atoms with E-state index < -0.39 is 17.1 Å². The molecule has 0 aliphatic heterocycles. The van der Waals surface area contributed by atoms with Crippen LogP contribution in [-0.4, -0.2) is 15.9 Å². The van der Waals surface area contributed by atoms with E-state index in [1.807, 2.05) is 0 Å². The normalized spacial score (nSPS) is 10.8. The van der Waals surface area contributed by atoms with Crippen molar-refractivity contribution >= 4 is 39.9 Å². The van der Waals surface area contributed by atoms with Gasteiger partial charge in [-0.2, -0.15) is 0 Å². The number of nitrogens with one attached hydrogen (secondary N) is 1. The lowest BCUT2D eigenvalue weighted by molar-refractivity contribution is 0.103. The van der Waals surface area contributed by atoms with E-state index in [2.05, 4.69) is 4.98 Å². The molecule has 0 unspecified atom stereocenters. The number of fused-ring (bicyclic) bond motifs is 1. The number of aromatic hydroxyl groups is 1. The fourth-order valence-corrected chi connectivity index (χ4v) is 2.79. The van der Waals surface area contributed by atoms with Crippen molar-refractivity contribution < 1.29 is 9.90 Å². The maximum atomic E-state index is 12.5. The van der Waals surface area contributed by atoms with E-state index in [1.165, 1.54) is 12.1 Å². The molecule has 3 aromatic rings. The first-order valence-corrected chi connectivity index (χ1v) is 7.08. The molecule has 4 nitrogen and oxygen atoms in total. The molecule has 0 spiro atoms. The number of benzene rings is 2. The summed E-state index contributed by atoms with van der Waals surface area (Å²) >= 11 is 11.9. The number of pyridine rings is 1. The third-order valence-electron chi connectivity index (χ3n) is 3.28. The van der Waals surface area contributed by atoms with Crippen molar-refractivity contribution in [3.05, 3.63) is 74.0 Å². The summed E-state index contributed by atoms with van der Waals surface area (Å²) in [6.07, 6.45) is 0. The van der Waals surface area contributed by atoms with Crippen LogP contribution in [0.5, 0.6) is 5.75 Å². The topological polar surface area (TPSA) is 70.2 Å². The SMILES string of the molecule is O=C(c1ccccc1)c1c(O)c2cc(Cl)cc(Cl)c2[nH]c1=O. The van der Waals surface area contributed by atoms with Gasteiger partial charge in [-0.25, -0.2) is 0 Å². The van der Waals surface area contributed by atoms with Crippen LogP contribution in [-0.2, 0) is 0 Å². The van der Waals surface area contributed by atoms with Gasteiger partial charge in [-0.15, -0.1) is 0 Å². The molecule has 3 rings (SSSR count). The lowest BCUT2D eigenvalue weighted by Crippen LogP contribution is -2.19. The van der Waals surface area contributed by atoms with Gasteiger partial charge >= 0.3 is 0 Å². The third kappa shape index (κ3) is 2.36. The van der Waals surface area contributed by atoms with E-state index in [0.717, 1.165) is 0 Å². The van der Waals surface area contributed by atoms with Crippen molar-refractivity contribution in [3.63, 3.8) is 0 Å². The van der Waals surface area contributed by atoms with Crippen LogP contribution in [0.25, 0.3) is 10.9 Å². The molecule has 1 heterocycles. The van der Waals surface area contributed by atoms with Crippen molar-refractivity contribution in [3.8, 4) is 5.75 Å². The maximum absolute atomic E-state index is 12.5. The lowest BCUT2D eigenvalue weighted by Gasteiger charge is -2.08. The van der Waals surface area contributed by atoms with Crippen LogP contribution in [0.1, 0.15) is 15.9 Å². The van der Waals surface area contributed by atoms with E-state index in [-0.39, 0.29) is 26.5 Å². The first-order chi connectivity index (χ1) is 10.5. The van der Waals surface area contributed by atoms with Crippen molar-refractivity contribution in [2.24, 2.45) is 0 Å². The predicted molar refractivity (Wildman–Crippen MR) is 86.1 cm³/mol. The zero-order valence-corrected chi connectivity index (χ0v) is 12.6. The Morgan fingerprint density at radius 3 is 2.45 bits per heavy atom. The molecule has 0 radical (unpaired) electrons. The summed E-state index contributed by atoms with van der Waals surface area (Å²) in [5.74, 6) is -1.01. The Bertz CT molecular complexity index is 949. The molecule has 6 heteroatoms. The van der Waals surface area contributed by atoms with Gasteiger partial charge in [0.15, 0.2) is 0 Å². The molecular formula is C16H9Cl2NO3. The van der Waals surface area contributed by atoms with Gasteiger partial charge in [-0.3, -0.25) is 9.59 Å². The molecule has 0 saturated heterocycles. The molecule has 2 N–H and O–H groups in total. The second kappa shape index (κ2) is 5.48. The molecule has 1 aromatic heterocycles. The molecule has 2 aromatic carbocycles. The van der Waals surface area contributed by atoms with Gasteiger partial charge in [0.25, 0.3) is 5.56 Å². The Kier molecular flexibility index (Phi) is 3.64. The highest BCUT2D eigenvalue weighted by molar-refractivity contribution is 6.38. The van der Waals surface area contributed by atoms with E-state index in [1.54, 1.807) is 30.3 Å². The fraction of sp³-hybridized carbons (Fsp3) is 0. The molecule has 0 atom stereocenters. The number of ketones is 1. The Labute approximate surface area is 134 Å². The number of H-pyrrole nitrogens is 1. The van der Waals surface area contributed by atoms with Crippen LogP contribution >= 0.6 is 23.2 Å². The second-order valence-electron chi connectivity index (χ2n) is 4.68. The number of halogens is 2. The van der Waals surface area contributed by atoms with Crippen molar-refractivity contribution in [2.45, 2.75) is 0 Å². The average molecular weight is 334 g/mol. The van der Waals surface area contributed by atoms with Crippen LogP contribution in [0.2, 0.25) is 10.0 Å². The minimum absolute atomic E-state index is 0.189. The zero-order chi connectivity index (χ0) is 15.9. The molecule has 0 fully saturated rings. The molecule has 110 valence electrons. The summed E-state index contributed by atoms with van der Waals surface area (Å²) in [7, 11) is 0. The molecule has 0 amide bonds. The minimum Gasteiger partial charge on any atom is -0.506 e. The number of aromatic amines is 1. The largest absolute Gasteiger partial charge is 0.506 e. The van der Waals surface area contributed by atoms with Gasteiger partial charge in [0.2, 0.25) is 5.78 Å². The number of rotatable bonds is 2. The standard InChI is InChI=1S/C16H9Cl2NO3/c17-9-6-10-13(11(18)7-9)19-16(22)12(15(10)21)14(20)8-4-2-1-3-5-8/h1-7H,(H2,19,21,22). The van der Waals surface area contributed by atoms with Crippen LogP contribution in [0.3, 0.4) is 0 Å². The van der Waals surface area contributed by atoms with Crippen molar-refractivity contribution in [2.75, 3.05) is 0 Å². The third-order valence-corrected chi connectivity index (χ3v) is 3.79. The number of carbonyl (C=O) groups is 1. The Morgan fingerprint density at radius 2 is 1.77 bits per heavy atom. The highest BCUT2D eigenvalue weighted by Gasteiger charge is 2.21. The fourth-order valence-electron chi connectivity index (χ4n) is 2.25. The van der Waals surface area contributed by atoms with Gasteiger partial charge in [0.1, 0.15) is 11.3 Å². The number of aromatic nitrogens is 1. The van der Waals surface area contributed by atoms with Crippen LogP contribution < -0.4 is 5.56 Å². The highest BCUT2D eigenvalue weighted by Crippen LogP contribution is 2.33. The Hall–Kier alpha value is -2.30. The maximum Gasteiger partial charge on any atom is 0.263 e. The van der Waals surface area contributed by atoms with Crippen LogP contribution in [0.15, 0.2) is 47.3 Å². The lowest BCUT2D eigenvalue weighted by atomic mass is 10.0. The van der Waals surface area contributed by atoms with Crippen molar-refractivity contribution in [1.82, 2.24) is 4.98 Å². The summed E-state index contributed by atoms with van der Waals surface area (Å²) in [6.45, 7) is 0. The van der Waals surface area contributed by atoms with E-state index in [4.69, 9.17) is 23.2 Å². The molecule has 0 aliphatic carbocycles. The van der Waals surface area contributed by atoms with Gasteiger partial charge in [-0.1, -0.05) is 53.5 Å². The van der Waals surface area contributed by atoms with Gasteiger partial charge in [-0.05, 0) is 12.1 Å². The summed E-state index contributed by atoms with van der Waals surface area (Å²) in [5.41, 5.74) is -0.505. The smallest absolute Gasteiger partial charge is 0.263 e. The molecule has 0 bridgehead atoms. The highest BCUT2D eigenvalue weighted by atomic mass is 35.5. The minimum atomic E-state index is -0.705. The van der Waals surface area contributed by atoms with Crippen LogP contribution in [0.4, 0.5) is 0 Å². The Balaban J connectivity index is 2.32. The predicted octanol–water partition coefficient (Wildman–Crippen LogP) is 3.77. The van der Waals surface area contributed by atoms with Gasteiger partial charge in [0.05, 0.1) is 10.5 Å². The van der Waals surface area contributed by atoms with E-state index in [9.17, 15) is 14.7 Å². The number of hydrogen-bond donors (Lipinski definition) is 2. The summed E-state index contributed by atoms with van der Waals surface area (Å²) < 4.78 is 0. The van der Waals surface area contributed by atoms with E-state index >= 15 is 0 Å². The number of hydrogen-bond acceptors (Lipinski definition) is 3. The van der Waals surface area contributed by atoms with Gasteiger partial charge in [0, 0.05) is 16.0 Å². The first kappa shape index (κ1) is 14.6. The first-order valence-electron chi connectivity index (χ1n) is 6.33. The van der Waals surface area contributed by atoms with Crippen LogP contribution in [0, 0.1) is 0 Å². The summed E-state index contributed by atoms with van der Waals surface area (Å²) in [4.78, 5) is 27.2. The van der Waals surface area contributed by atoms with E-state index in [0.29, 0.717) is 5.56 Å². The average Bonchev–Trinajstić information content (AvgIpc) is 2.49. The number of carbonyl (C=O) groups excluding carboxylic acids is 1. The van der Waals surface area contributed by atoms with Gasteiger partial charge < -0.3 is 10.1 Å². The molecule has 0 saturated carbocycles. The van der Waals surface area contributed by atoms with Crippen molar-refractivity contribution in [1.29, 1.82) is 0 Å². The molecular weight excluding hydrogens is 325 g/mol. The monoisotopic (exact) mass is 333 g/mol. The Morgan fingerprint density at radius 1 is 1.09 bits per heavy atom. The molecule has 0 aliphatic rings. The second-order valence-corrected chi connectivity index (χ2v) is 5.53.